The summed E-state index contributed by atoms with van der Waals surface area (Å²) < 4.78 is 6.73. The van der Waals surface area contributed by atoms with E-state index >= 15 is 0 Å². The molecule has 0 aliphatic carbocycles. The summed E-state index contributed by atoms with van der Waals surface area (Å²) in [6.07, 6.45) is 2.21. The molecule has 1 aromatic rings. The number of hydrogen-bond acceptors (Lipinski definition) is 2. The van der Waals surface area contributed by atoms with Gasteiger partial charge in [-0.25, -0.2) is 0 Å². The molecule has 0 spiro atoms. The molecule has 1 N–H and O–H groups in total. The molecule has 1 atom stereocenters. The molecule has 0 heterocycles. The molecule has 0 saturated heterocycles. The Morgan fingerprint density at radius 1 is 1.20 bits per heavy atom. The van der Waals surface area contributed by atoms with Gasteiger partial charge in [-0.15, -0.1) is 0 Å². The first-order valence-electron chi connectivity index (χ1n) is 7.65. The van der Waals surface area contributed by atoms with Crippen LogP contribution >= 0.6 is 15.9 Å². The molecule has 0 aliphatic heterocycles. The topological polar surface area (TPSA) is 21.3 Å². The molecular formula is C17H28BrNO. The Morgan fingerprint density at radius 2 is 1.95 bits per heavy atom. The summed E-state index contributed by atoms with van der Waals surface area (Å²) in [5, 5.41) is 3.58. The van der Waals surface area contributed by atoms with Gasteiger partial charge < -0.3 is 10.1 Å². The van der Waals surface area contributed by atoms with E-state index in [1.54, 1.807) is 0 Å². The first-order chi connectivity index (χ1) is 9.63. The van der Waals surface area contributed by atoms with Gasteiger partial charge in [-0.2, -0.15) is 0 Å². The predicted molar refractivity (Wildman–Crippen MR) is 90.2 cm³/mol. The van der Waals surface area contributed by atoms with E-state index in [9.17, 15) is 0 Å². The largest absolute Gasteiger partial charge is 0.382 e. The van der Waals surface area contributed by atoms with Gasteiger partial charge >= 0.3 is 0 Å². The minimum atomic E-state index is 0.624. The van der Waals surface area contributed by atoms with Gasteiger partial charge in [0.2, 0.25) is 0 Å². The summed E-state index contributed by atoms with van der Waals surface area (Å²) in [4.78, 5) is 0. The van der Waals surface area contributed by atoms with Crippen molar-refractivity contribution in [1.82, 2.24) is 5.32 Å². The lowest BCUT2D eigenvalue weighted by atomic mass is 9.96. The molecule has 0 amide bonds. The molecular weight excluding hydrogens is 314 g/mol. The number of halogens is 1. The van der Waals surface area contributed by atoms with Crippen LogP contribution in [0, 0.1) is 11.8 Å². The lowest BCUT2D eigenvalue weighted by molar-refractivity contribution is 0.131. The highest BCUT2D eigenvalue weighted by molar-refractivity contribution is 9.10. The van der Waals surface area contributed by atoms with Crippen molar-refractivity contribution in [2.24, 2.45) is 11.8 Å². The molecule has 0 saturated carbocycles. The lowest BCUT2D eigenvalue weighted by Crippen LogP contribution is -2.28. The van der Waals surface area contributed by atoms with Crippen molar-refractivity contribution < 1.29 is 4.74 Å². The van der Waals surface area contributed by atoms with Crippen LogP contribution in [0.15, 0.2) is 28.7 Å². The van der Waals surface area contributed by atoms with E-state index in [0.717, 1.165) is 39.1 Å². The number of benzene rings is 1. The standard InChI is InChI=1S/C17H28BrNO/c1-4-20-10-9-15(13-19-12-14(2)3)11-16-7-5-6-8-17(16)18/h5-8,14-15,19H,4,9-13H2,1-3H3. The number of rotatable bonds is 10. The highest BCUT2D eigenvalue weighted by Gasteiger charge is 2.11. The Labute approximate surface area is 132 Å². The quantitative estimate of drug-likeness (QED) is 0.641. The van der Waals surface area contributed by atoms with E-state index in [1.165, 1.54) is 10.0 Å². The first kappa shape index (κ1) is 17.7. The van der Waals surface area contributed by atoms with Gasteiger partial charge in [0.1, 0.15) is 0 Å². The van der Waals surface area contributed by atoms with E-state index in [1.807, 2.05) is 0 Å². The van der Waals surface area contributed by atoms with Crippen molar-refractivity contribution in [2.45, 2.75) is 33.6 Å². The summed E-state index contributed by atoms with van der Waals surface area (Å²) in [6, 6.07) is 8.51. The lowest BCUT2D eigenvalue weighted by Gasteiger charge is -2.19. The fourth-order valence-corrected chi connectivity index (χ4v) is 2.67. The Hall–Kier alpha value is -0.380. The zero-order valence-corrected chi connectivity index (χ0v) is 14.6. The minimum Gasteiger partial charge on any atom is -0.382 e. The van der Waals surface area contributed by atoms with Gasteiger partial charge in [0.25, 0.3) is 0 Å². The molecule has 0 aromatic heterocycles. The van der Waals surface area contributed by atoms with E-state index in [-0.39, 0.29) is 0 Å². The molecule has 114 valence electrons. The van der Waals surface area contributed by atoms with Crippen LogP contribution in [0.1, 0.15) is 32.8 Å². The molecule has 0 fully saturated rings. The SMILES string of the molecule is CCOCCC(CNCC(C)C)Cc1ccccc1Br. The molecule has 2 nitrogen and oxygen atoms in total. The maximum absolute atomic E-state index is 5.52. The van der Waals surface area contributed by atoms with Crippen molar-refractivity contribution in [1.29, 1.82) is 0 Å². The van der Waals surface area contributed by atoms with E-state index < -0.39 is 0 Å². The molecule has 1 aromatic carbocycles. The Morgan fingerprint density at radius 3 is 2.60 bits per heavy atom. The second-order valence-corrected chi connectivity index (χ2v) is 6.55. The molecule has 20 heavy (non-hydrogen) atoms. The van der Waals surface area contributed by atoms with E-state index in [4.69, 9.17) is 4.74 Å². The fraction of sp³-hybridized carbons (Fsp3) is 0.647. The highest BCUT2D eigenvalue weighted by Crippen LogP contribution is 2.21. The van der Waals surface area contributed by atoms with Crippen molar-refractivity contribution in [3.8, 4) is 0 Å². The average Bonchev–Trinajstić information content (AvgIpc) is 2.41. The Bertz CT molecular complexity index is 368. The van der Waals surface area contributed by atoms with Crippen LogP contribution in [0.4, 0.5) is 0 Å². The minimum absolute atomic E-state index is 0.624. The van der Waals surface area contributed by atoms with Crippen molar-refractivity contribution in [3.63, 3.8) is 0 Å². The third-order valence-electron chi connectivity index (χ3n) is 3.33. The van der Waals surface area contributed by atoms with Crippen molar-refractivity contribution >= 4 is 15.9 Å². The zero-order chi connectivity index (χ0) is 14.8. The first-order valence-corrected chi connectivity index (χ1v) is 8.44. The van der Waals surface area contributed by atoms with Gasteiger partial charge in [0, 0.05) is 17.7 Å². The van der Waals surface area contributed by atoms with Gasteiger partial charge in [-0.05, 0) is 56.3 Å². The second-order valence-electron chi connectivity index (χ2n) is 5.70. The zero-order valence-electron chi connectivity index (χ0n) is 13.0. The molecule has 1 unspecified atom stereocenters. The summed E-state index contributed by atoms with van der Waals surface area (Å²) in [5.74, 6) is 1.32. The maximum atomic E-state index is 5.52. The highest BCUT2D eigenvalue weighted by atomic mass is 79.9. The van der Waals surface area contributed by atoms with Gasteiger partial charge in [0.05, 0.1) is 0 Å². The van der Waals surface area contributed by atoms with Crippen LogP contribution in [-0.4, -0.2) is 26.3 Å². The van der Waals surface area contributed by atoms with Crippen LogP contribution in [0.2, 0.25) is 0 Å². The number of nitrogens with one attached hydrogen (secondary N) is 1. The third kappa shape index (κ3) is 7.41. The second kappa shape index (κ2) is 10.4. The summed E-state index contributed by atoms with van der Waals surface area (Å²) >= 11 is 3.65. The summed E-state index contributed by atoms with van der Waals surface area (Å²) in [5.41, 5.74) is 1.39. The average molecular weight is 342 g/mol. The van der Waals surface area contributed by atoms with Crippen LogP contribution in [0.3, 0.4) is 0 Å². The summed E-state index contributed by atoms with van der Waals surface area (Å²) in [6.45, 7) is 10.4. The molecule has 3 heteroatoms. The molecule has 0 bridgehead atoms. The van der Waals surface area contributed by atoms with E-state index in [2.05, 4.69) is 66.3 Å². The normalized spacial score (nSPS) is 12.8. The third-order valence-corrected chi connectivity index (χ3v) is 4.10. The predicted octanol–water partition coefficient (Wildman–Crippen LogP) is 4.28. The Kier molecular flexibility index (Phi) is 9.16. The number of ether oxygens (including phenoxy) is 1. The molecule has 0 radical (unpaired) electrons. The van der Waals surface area contributed by atoms with Crippen LogP contribution in [0.5, 0.6) is 0 Å². The monoisotopic (exact) mass is 341 g/mol. The molecule has 0 aliphatic rings. The van der Waals surface area contributed by atoms with E-state index in [0.29, 0.717) is 11.8 Å². The Balaban J connectivity index is 2.50. The van der Waals surface area contributed by atoms with Crippen molar-refractivity contribution in [2.75, 3.05) is 26.3 Å². The smallest absolute Gasteiger partial charge is 0.0469 e. The van der Waals surface area contributed by atoms with Crippen LogP contribution < -0.4 is 5.32 Å². The van der Waals surface area contributed by atoms with Gasteiger partial charge in [-0.3, -0.25) is 0 Å². The fourth-order valence-electron chi connectivity index (χ4n) is 2.22. The van der Waals surface area contributed by atoms with Gasteiger partial charge in [0.15, 0.2) is 0 Å². The van der Waals surface area contributed by atoms with Crippen molar-refractivity contribution in [3.05, 3.63) is 34.3 Å². The molecule has 1 rings (SSSR count). The van der Waals surface area contributed by atoms with Gasteiger partial charge in [-0.1, -0.05) is 48.0 Å². The van der Waals surface area contributed by atoms with Crippen LogP contribution in [0.25, 0.3) is 0 Å². The maximum Gasteiger partial charge on any atom is 0.0469 e. The number of hydrogen-bond donors (Lipinski definition) is 1. The summed E-state index contributed by atoms with van der Waals surface area (Å²) in [7, 11) is 0. The van der Waals surface area contributed by atoms with Crippen LogP contribution in [-0.2, 0) is 11.2 Å².